The Morgan fingerprint density at radius 1 is 1.07 bits per heavy atom. The van der Waals surface area contributed by atoms with Crippen LogP contribution in [0.2, 0.25) is 0 Å². The summed E-state index contributed by atoms with van der Waals surface area (Å²) in [6.45, 7) is 2.11. The highest BCUT2D eigenvalue weighted by Crippen LogP contribution is 2.47. The zero-order valence-electron chi connectivity index (χ0n) is 21.6. The van der Waals surface area contributed by atoms with Gasteiger partial charge in [0.25, 0.3) is 5.69 Å². The molecule has 0 aliphatic carbocycles. The second-order valence-corrected chi connectivity index (χ2v) is 12.0. The minimum atomic E-state index is -4.17. The van der Waals surface area contributed by atoms with E-state index in [1.807, 2.05) is 0 Å². The molecule has 4 rings (SSSR count). The largest absolute Gasteiger partial charge is 0.459 e. The molecule has 1 amide bonds. The molecular formula is C23H25N5O11S. The van der Waals surface area contributed by atoms with Crippen molar-refractivity contribution in [3.63, 3.8) is 0 Å². The number of rotatable bonds is 10. The van der Waals surface area contributed by atoms with Crippen molar-refractivity contribution < 1.29 is 46.7 Å². The highest BCUT2D eigenvalue weighted by Gasteiger charge is 2.70. The van der Waals surface area contributed by atoms with Crippen LogP contribution in [-0.2, 0) is 69.6 Å². The van der Waals surface area contributed by atoms with Gasteiger partial charge in [0.05, 0.1) is 17.9 Å². The average Bonchev–Trinajstić information content (AvgIpc) is 3.32. The Hall–Kier alpha value is -4.41. The second-order valence-electron chi connectivity index (χ2n) is 9.45. The number of nitrogens with zero attached hydrogens (tertiary/aromatic N) is 5. The molecule has 3 heterocycles. The van der Waals surface area contributed by atoms with E-state index in [1.165, 1.54) is 38.1 Å². The van der Waals surface area contributed by atoms with E-state index in [2.05, 4.69) is 10.3 Å². The summed E-state index contributed by atoms with van der Waals surface area (Å²) < 4.78 is 41.9. The maximum Gasteiger partial charge on any atom is 0.330 e. The molecule has 0 unspecified atom stereocenters. The topological polar surface area (TPSA) is 207 Å². The number of nitro groups is 1. The second kappa shape index (κ2) is 10.6. The SMILES string of the molecule is CC(=O)OCc1nnn(C[C@]2(C)[C@H](C(=O)OCc3ccc([N+](=O)[O-])cc3)N3C(=O)C[C@H]3S2(=O)=O)c1COC(C)=O. The molecule has 0 saturated carbocycles. The van der Waals surface area contributed by atoms with Crippen LogP contribution in [0.4, 0.5) is 5.69 Å². The normalized spacial score (nSPS) is 22.7. The fraction of sp³-hybridized carbons (Fsp3) is 0.478. The Labute approximate surface area is 227 Å². The minimum absolute atomic E-state index is 0.104. The lowest BCUT2D eigenvalue weighted by Gasteiger charge is -2.36. The molecule has 2 saturated heterocycles. The number of sulfone groups is 1. The summed E-state index contributed by atoms with van der Waals surface area (Å²) in [7, 11) is -4.17. The number of carbonyl (C=O) groups is 4. The van der Waals surface area contributed by atoms with Crippen LogP contribution in [0.1, 0.15) is 44.1 Å². The van der Waals surface area contributed by atoms with Crippen molar-refractivity contribution in [1.82, 2.24) is 19.9 Å². The van der Waals surface area contributed by atoms with Crippen LogP contribution in [0.3, 0.4) is 0 Å². The Morgan fingerprint density at radius 3 is 2.27 bits per heavy atom. The highest BCUT2D eigenvalue weighted by atomic mass is 32.2. The van der Waals surface area contributed by atoms with E-state index in [0.29, 0.717) is 5.56 Å². The van der Waals surface area contributed by atoms with Gasteiger partial charge in [0.15, 0.2) is 15.9 Å². The molecule has 0 spiro atoms. The van der Waals surface area contributed by atoms with Gasteiger partial charge in [-0.05, 0) is 24.6 Å². The molecule has 214 valence electrons. The van der Waals surface area contributed by atoms with E-state index in [-0.39, 0.29) is 43.3 Å². The molecule has 2 aliphatic rings. The zero-order chi connectivity index (χ0) is 29.4. The molecular weight excluding hydrogens is 554 g/mol. The first-order valence-electron chi connectivity index (χ1n) is 11.9. The van der Waals surface area contributed by atoms with Gasteiger partial charge in [-0.1, -0.05) is 5.21 Å². The van der Waals surface area contributed by atoms with E-state index >= 15 is 0 Å². The number of hydrogen-bond acceptors (Lipinski definition) is 13. The molecule has 17 heteroatoms. The van der Waals surface area contributed by atoms with Crippen molar-refractivity contribution >= 4 is 39.3 Å². The van der Waals surface area contributed by atoms with Crippen molar-refractivity contribution in [3.8, 4) is 0 Å². The van der Waals surface area contributed by atoms with Gasteiger partial charge in [0.2, 0.25) is 5.91 Å². The van der Waals surface area contributed by atoms with Crippen LogP contribution >= 0.6 is 0 Å². The van der Waals surface area contributed by atoms with E-state index < -0.39 is 61.3 Å². The third-order valence-electron chi connectivity index (χ3n) is 6.77. The standard InChI is InChI=1S/C23H25N5O11S/c1-13(29)37-10-17-18(11-38-14(2)30)26(25-24-17)12-23(3)21(27-19(31)8-20(27)40(23,35)36)22(32)39-9-15-4-6-16(7-5-15)28(33)34/h4-7,20-21H,8-12H2,1-3H3/t20-,21+,23-/m1/s1. The molecule has 2 aromatic rings. The summed E-state index contributed by atoms with van der Waals surface area (Å²) in [5, 5.41) is 17.5. The van der Waals surface area contributed by atoms with Gasteiger partial charge in [-0.25, -0.2) is 17.9 Å². The number of benzene rings is 1. The van der Waals surface area contributed by atoms with Crippen molar-refractivity contribution in [1.29, 1.82) is 0 Å². The van der Waals surface area contributed by atoms with Crippen molar-refractivity contribution in [2.45, 2.75) is 69.7 Å². The van der Waals surface area contributed by atoms with E-state index in [4.69, 9.17) is 14.2 Å². The number of hydrogen-bond donors (Lipinski definition) is 0. The van der Waals surface area contributed by atoms with Crippen LogP contribution in [0.15, 0.2) is 24.3 Å². The fourth-order valence-corrected chi connectivity index (χ4v) is 6.97. The quantitative estimate of drug-likeness (QED) is 0.121. The van der Waals surface area contributed by atoms with Crippen LogP contribution < -0.4 is 0 Å². The number of esters is 3. The Bertz CT molecular complexity index is 1490. The number of fused-ring (bicyclic) bond motifs is 1. The number of amides is 1. The first-order chi connectivity index (χ1) is 18.8. The molecule has 3 atom stereocenters. The van der Waals surface area contributed by atoms with Crippen LogP contribution in [-0.4, -0.2) is 73.2 Å². The van der Waals surface area contributed by atoms with Crippen molar-refractivity contribution in [2.24, 2.45) is 0 Å². The zero-order valence-corrected chi connectivity index (χ0v) is 22.5. The minimum Gasteiger partial charge on any atom is -0.459 e. The monoisotopic (exact) mass is 579 g/mol. The Morgan fingerprint density at radius 2 is 1.70 bits per heavy atom. The summed E-state index contributed by atoms with van der Waals surface area (Å²) in [6.07, 6.45) is -0.306. The summed E-state index contributed by atoms with van der Waals surface area (Å²) >= 11 is 0. The van der Waals surface area contributed by atoms with E-state index in [9.17, 15) is 37.7 Å². The number of non-ortho nitro benzene ring substituents is 1. The lowest BCUT2D eigenvalue weighted by Crippen LogP contribution is -2.58. The highest BCUT2D eigenvalue weighted by molar-refractivity contribution is 7.93. The molecule has 1 aromatic carbocycles. The Kier molecular flexibility index (Phi) is 7.60. The average molecular weight is 580 g/mol. The molecule has 2 aliphatic heterocycles. The predicted octanol–water partition coefficient (Wildman–Crippen LogP) is 0.170. The first-order valence-corrected chi connectivity index (χ1v) is 13.4. The molecule has 40 heavy (non-hydrogen) atoms. The summed E-state index contributed by atoms with van der Waals surface area (Å²) in [5.41, 5.74) is 0.477. The van der Waals surface area contributed by atoms with Gasteiger partial charge in [0, 0.05) is 26.0 Å². The lowest BCUT2D eigenvalue weighted by atomic mass is 9.96. The number of β-lactam (4-membered cyclic amide) rings is 1. The van der Waals surface area contributed by atoms with Crippen LogP contribution in [0.25, 0.3) is 0 Å². The molecule has 1 aromatic heterocycles. The van der Waals surface area contributed by atoms with E-state index in [1.54, 1.807) is 0 Å². The van der Waals surface area contributed by atoms with Gasteiger partial charge in [-0.2, -0.15) is 0 Å². The Balaban J connectivity index is 1.64. The van der Waals surface area contributed by atoms with Crippen LogP contribution in [0, 0.1) is 10.1 Å². The molecule has 16 nitrogen and oxygen atoms in total. The summed E-state index contributed by atoms with van der Waals surface area (Å²) in [6, 6.07) is 3.67. The maximum absolute atomic E-state index is 13.6. The summed E-state index contributed by atoms with van der Waals surface area (Å²) in [4.78, 5) is 59.8. The molecule has 2 fully saturated rings. The number of nitro benzene ring substituents is 1. The number of carbonyl (C=O) groups excluding carboxylic acids is 4. The van der Waals surface area contributed by atoms with Gasteiger partial charge in [-0.3, -0.25) is 24.5 Å². The number of aromatic nitrogens is 3. The number of ether oxygens (including phenoxy) is 3. The summed E-state index contributed by atoms with van der Waals surface area (Å²) in [5.74, 6) is -2.81. The first kappa shape index (κ1) is 28.6. The van der Waals surface area contributed by atoms with Gasteiger partial charge in [0.1, 0.15) is 41.3 Å². The molecule has 0 N–H and O–H groups in total. The molecule has 0 bridgehead atoms. The smallest absolute Gasteiger partial charge is 0.330 e. The maximum atomic E-state index is 13.6. The molecule has 0 radical (unpaired) electrons. The fourth-order valence-electron chi connectivity index (χ4n) is 4.62. The van der Waals surface area contributed by atoms with Crippen LogP contribution in [0.5, 0.6) is 0 Å². The van der Waals surface area contributed by atoms with Crippen molar-refractivity contribution in [2.75, 3.05) is 0 Å². The van der Waals surface area contributed by atoms with E-state index in [0.717, 1.165) is 16.5 Å². The van der Waals surface area contributed by atoms with Crippen molar-refractivity contribution in [3.05, 3.63) is 51.3 Å². The predicted molar refractivity (Wildman–Crippen MR) is 130 cm³/mol. The van der Waals surface area contributed by atoms with Gasteiger partial charge in [-0.15, -0.1) is 5.10 Å². The lowest BCUT2D eigenvalue weighted by molar-refractivity contribution is -0.384. The van der Waals surface area contributed by atoms with Gasteiger partial charge < -0.3 is 19.1 Å². The third kappa shape index (κ3) is 5.11. The van der Waals surface area contributed by atoms with Gasteiger partial charge >= 0.3 is 17.9 Å². The third-order valence-corrected chi connectivity index (χ3v) is 9.53.